The summed E-state index contributed by atoms with van der Waals surface area (Å²) in [5.74, 6) is -0.609. The summed E-state index contributed by atoms with van der Waals surface area (Å²) in [7, 11) is 0. The van der Waals surface area contributed by atoms with E-state index in [-0.39, 0.29) is 17.8 Å². The Hall–Kier alpha value is -4.04. The smallest absolute Gasteiger partial charge is 0.269 e. The number of nitrogens with zero attached hydrogens (tertiary/aromatic N) is 3. The molecule has 0 aliphatic heterocycles. The van der Waals surface area contributed by atoms with Crippen LogP contribution in [0.4, 0.5) is 11.4 Å². The first-order chi connectivity index (χ1) is 15.3. The Morgan fingerprint density at radius 3 is 2.59 bits per heavy atom. The van der Waals surface area contributed by atoms with Gasteiger partial charge in [-0.2, -0.15) is 0 Å². The maximum atomic E-state index is 13.3. The molecule has 2 aromatic carbocycles. The number of carbonyl (C=O) groups is 1. The van der Waals surface area contributed by atoms with Crippen molar-refractivity contribution >= 4 is 39.9 Å². The average Bonchev–Trinajstić information content (AvgIpc) is 2.78. The molecule has 0 saturated heterocycles. The maximum absolute atomic E-state index is 13.3. The number of non-ortho nitro benzene ring substituents is 1. The van der Waals surface area contributed by atoms with Crippen molar-refractivity contribution in [1.82, 2.24) is 9.55 Å². The first-order valence-corrected chi connectivity index (χ1v) is 10.0. The van der Waals surface area contributed by atoms with Crippen molar-refractivity contribution in [2.24, 2.45) is 0 Å². The number of hydrogen-bond acceptors (Lipinski definition) is 5. The summed E-state index contributed by atoms with van der Waals surface area (Å²) >= 11 is 5.95. The first-order valence-electron chi connectivity index (χ1n) is 9.63. The highest BCUT2D eigenvalue weighted by Gasteiger charge is 2.18. The number of halogens is 1. The van der Waals surface area contributed by atoms with Gasteiger partial charge in [0.2, 0.25) is 0 Å². The lowest BCUT2D eigenvalue weighted by molar-refractivity contribution is -0.384. The number of hydrogen-bond donors (Lipinski definition) is 1. The first kappa shape index (κ1) is 21.2. The predicted octanol–water partition coefficient (Wildman–Crippen LogP) is 4.57. The molecule has 0 radical (unpaired) electrons. The number of aryl methyl sites for hydroxylation is 1. The predicted molar refractivity (Wildman–Crippen MR) is 122 cm³/mol. The molecule has 0 aliphatic carbocycles. The highest BCUT2D eigenvalue weighted by Crippen LogP contribution is 2.22. The van der Waals surface area contributed by atoms with E-state index in [4.69, 9.17) is 11.6 Å². The molecule has 0 aliphatic rings. The van der Waals surface area contributed by atoms with Crippen molar-refractivity contribution in [3.8, 4) is 0 Å². The van der Waals surface area contributed by atoms with Crippen molar-refractivity contribution in [2.75, 3.05) is 5.32 Å². The molecule has 0 fully saturated rings. The largest absolute Gasteiger partial charge is 0.322 e. The second kappa shape index (κ2) is 8.60. The van der Waals surface area contributed by atoms with Crippen LogP contribution in [0.15, 0.2) is 71.7 Å². The molecule has 8 nitrogen and oxygen atoms in total. The number of benzene rings is 2. The van der Waals surface area contributed by atoms with Gasteiger partial charge < -0.3 is 5.32 Å². The third-order valence-corrected chi connectivity index (χ3v) is 5.27. The summed E-state index contributed by atoms with van der Waals surface area (Å²) in [6.07, 6.45) is 1.58. The summed E-state index contributed by atoms with van der Waals surface area (Å²) in [5, 5.41) is 14.8. The van der Waals surface area contributed by atoms with Gasteiger partial charge in [-0.25, -0.2) is 4.98 Å². The number of fused-ring (bicyclic) bond motifs is 1. The molecule has 160 valence electrons. The fourth-order valence-electron chi connectivity index (χ4n) is 3.38. The number of aromatic nitrogens is 2. The van der Waals surface area contributed by atoms with E-state index in [2.05, 4.69) is 10.3 Å². The lowest BCUT2D eigenvalue weighted by Crippen LogP contribution is -2.30. The number of amides is 1. The van der Waals surface area contributed by atoms with E-state index in [0.717, 1.165) is 5.56 Å². The van der Waals surface area contributed by atoms with Gasteiger partial charge in [-0.3, -0.25) is 24.3 Å². The van der Waals surface area contributed by atoms with Crippen LogP contribution in [0.3, 0.4) is 0 Å². The zero-order valence-electron chi connectivity index (χ0n) is 16.9. The van der Waals surface area contributed by atoms with Gasteiger partial charge >= 0.3 is 0 Å². The van der Waals surface area contributed by atoms with E-state index in [1.807, 2.05) is 0 Å². The zero-order valence-corrected chi connectivity index (χ0v) is 17.7. The topological polar surface area (TPSA) is 107 Å². The van der Waals surface area contributed by atoms with Gasteiger partial charge in [-0.15, -0.1) is 0 Å². The molecule has 1 N–H and O–H groups in total. The third-order valence-electron chi connectivity index (χ3n) is 5.02. The Labute approximate surface area is 187 Å². The van der Waals surface area contributed by atoms with Gasteiger partial charge in [-0.1, -0.05) is 23.7 Å². The lowest BCUT2D eigenvalue weighted by Gasteiger charge is -2.13. The molecule has 0 bridgehead atoms. The number of nitro groups is 1. The monoisotopic (exact) mass is 448 g/mol. The van der Waals surface area contributed by atoms with Crippen molar-refractivity contribution in [2.45, 2.75) is 13.5 Å². The van der Waals surface area contributed by atoms with Crippen molar-refractivity contribution in [3.63, 3.8) is 0 Å². The average molecular weight is 449 g/mol. The molecule has 4 rings (SSSR count). The van der Waals surface area contributed by atoms with Crippen LogP contribution in [0.25, 0.3) is 11.0 Å². The normalized spacial score (nSPS) is 10.8. The van der Waals surface area contributed by atoms with Gasteiger partial charge in [0.1, 0.15) is 11.2 Å². The summed E-state index contributed by atoms with van der Waals surface area (Å²) in [4.78, 5) is 41.0. The van der Waals surface area contributed by atoms with Gasteiger partial charge in [0.25, 0.3) is 17.2 Å². The molecule has 9 heteroatoms. The minimum atomic E-state index is -0.609. The standard InChI is InChI=1S/C23H17ClN4O4/c1-14-11-18(28(31)32)8-9-20(14)26-22(29)19-12-16-3-2-10-25-21(16)27(23(19)30)13-15-4-6-17(24)7-5-15/h2-12H,13H2,1H3,(H,26,29). The van der Waals surface area contributed by atoms with Crippen LogP contribution >= 0.6 is 11.6 Å². The van der Waals surface area contributed by atoms with E-state index in [9.17, 15) is 19.7 Å². The summed E-state index contributed by atoms with van der Waals surface area (Å²) in [6.45, 7) is 1.85. The maximum Gasteiger partial charge on any atom is 0.269 e. The summed E-state index contributed by atoms with van der Waals surface area (Å²) in [6, 6.07) is 16.2. The van der Waals surface area contributed by atoms with Crippen LogP contribution < -0.4 is 10.9 Å². The molecule has 0 saturated carbocycles. The van der Waals surface area contributed by atoms with E-state index >= 15 is 0 Å². The summed E-state index contributed by atoms with van der Waals surface area (Å²) in [5.41, 5.74) is 1.54. The number of rotatable bonds is 5. The number of nitrogens with one attached hydrogen (secondary N) is 1. The van der Waals surface area contributed by atoms with Crippen LogP contribution in [0.5, 0.6) is 0 Å². The van der Waals surface area contributed by atoms with E-state index in [1.54, 1.807) is 49.5 Å². The quantitative estimate of drug-likeness (QED) is 0.355. The number of nitro benzene ring substituents is 1. The van der Waals surface area contributed by atoms with E-state index < -0.39 is 16.4 Å². The van der Waals surface area contributed by atoms with Crippen LogP contribution in [0.2, 0.25) is 5.02 Å². The van der Waals surface area contributed by atoms with E-state index in [1.165, 1.54) is 28.8 Å². The zero-order chi connectivity index (χ0) is 22.8. The van der Waals surface area contributed by atoms with E-state index in [0.29, 0.717) is 27.3 Å². The molecule has 0 unspecified atom stereocenters. The molecule has 0 atom stereocenters. The summed E-state index contributed by atoms with van der Waals surface area (Å²) < 4.78 is 1.44. The highest BCUT2D eigenvalue weighted by atomic mass is 35.5. The van der Waals surface area contributed by atoms with Gasteiger partial charge in [0.05, 0.1) is 11.5 Å². The molecule has 0 spiro atoms. The van der Waals surface area contributed by atoms with Crippen LogP contribution in [-0.2, 0) is 6.54 Å². The Morgan fingerprint density at radius 1 is 1.16 bits per heavy atom. The highest BCUT2D eigenvalue weighted by molar-refractivity contribution is 6.30. The fraction of sp³-hybridized carbons (Fsp3) is 0.0870. The minimum absolute atomic E-state index is 0.0581. The molecule has 2 heterocycles. The van der Waals surface area contributed by atoms with Crippen molar-refractivity contribution in [1.29, 1.82) is 0 Å². The molecule has 1 amide bonds. The van der Waals surface area contributed by atoms with Gasteiger partial charge in [-0.05, 0) is 54.4 Å². The number of pyridine rings is 2. The Kier molecular flexibility index (Phi) is 5.70. The van der Waals surface area contributed by atoms with Crippen molar-refractivity contribution < 1.29 is 9.72 Å². The minimum Gasteiger partial charge on any atom is -0.322 e. The molecule has 32 heavy (non-hydrogen) atoms. The Morgan fingerprint density at radius 2 is 1.91 bits per heavy atom. The SMILES string of the molecule is Cc1cc([N+](=O)[O-])ccc1NC(=O)c1cc2cccnc2n(Cc2ccc(Cl)cc2)c1=O. The van der Waals surface area contributed by atoms with Gasteiger partial charge in [0.15, 0.2) is 0 Å². The second-order valence-electron chi connectivity index (χ2n) is 7.20. The lowest BCUT2D eigenvalue weighted by atomic mass is 10.1. The van der Waals surface area contributed by atoms with Crippen molar-refractivity contribution in [3.05, 3.63) is 109 Å². The molecule has 4 aromatic rings. The van der Waals surface area contributed by atoms with Crippen LogP contribution in [0, 0.1) is 17.0 Å². The Bertz CT molecular complexity index is 1410. The van der Waals surface area contributed by atoms with Crippen LogP contribution in [0.1, 0.15) is 21.5 Å². The fourth-order valence-corrected chi connectivity index (χ4v) is 3.51. The van der Waals surface area contributed by atoms with Gasteiger partial charge in [0, 0.05) is 34.4 Å². The molecular weight excluding hydrogens is 432 g/mol. The van der Waals surface area contributed by atoms with Crippen LogP contribution in [-0.4, -0.2) is 20.4 Å². The number of carbonyl (C=O) groups excluding carboxylic acids is 1. The molecular formula is C23H17ClN4O4. The molecule has 2 aromatic heterocycles. The second-order valence-corrected chi connectivity index (χ2v) is 7.64. The number of anilines is 1. The third kappa shape index (κ3) is 4.21. The Balaban J connectivity index is 1.75.